The summed E-state index contributed by atoms with van der Waals surface area (Å²) in [5.41, 5.74) is 1.36. The molecule has 0 fully saturated rings. The Labute approximate surface area is 115 Å². The molecule has 0 saturated carbocycles. The number of benzene rings is 1. The summed E-state index contributed by atoms with van der Waals surface area (Å²) >= 11 is 1.78. The summed E-state index contributed by atoms with van der Waals surface area (Å²) in [5.74, 6) is -2.25. The third-order valence-electron chi connectivity index (χ3n) is 1.79. The number of carbonyl (C=O) groups excluding carboxylic acids is 2. The van der Waals surface area contributed by atoms with Crippen molar-refractivity contribution >= 4 is 40.6 Å². The van der Waals surface area contributed by atoms with Gasteiger partial charge >= 0.3 is 18.0 Å². The summed E-state index contributed by atoms with van der Waals surface area (Å²) in [6.45, 7) is 0. The fraction of sp³-hybridized carbons (Fsp3) is 0.100. The molecule has 0 aromatic heterocycles. The van der Waals surface area contributed by atoms with Crippen LogP contribution in [0.5, 0.6) is 0 Å². The second-order valence-corrected chi connectivity index (χ2v) is 3.51. The lowest BCUT2D eigenvalue weighted by Gasteiger charge is -2.06. The van der Waals surface area contributed by atoms with E-state index in [1.165, 1.54) is 24.3 Å². The molecule has 0 aliphatic heterocycles. The molecule has 0 bridgehead atoms. The van der Waals surface area contributed by atoms with E-state index < -0.39 is 18.0 Å². The van der Waals surface area contributed by atoms with Crippen LogP contribution in [0.25, 0.3) is 0 Å². The monoisotopic (exact) mass is 365 g/mol. The Balaban J connectivity index is 2.73. The van der Waals surface area contributed by atoms with E-state index in [1.807, 2.05) is 0 Å². The van der Waals surface area contributed by atoms with Gasteiger partial charge in [-0.2, -0.15) is 0 Å². The topological polar surface area (TPSA) is 102 Å². The summed E-state index contributed by atoms with van der Waals surface area (Å²) in [7, 11) is 0. The number of carbonyl (C=O) groups is 3. The first kappa shape index (κ1) is 14.2. The molecule has 18 heavy (non-hydrogen) atoms. The van der Waals surface area contributed by atoms with E-state index in [9.17, 15) is 14.4 Å². The maximum atomic E-state index is 11.5. The molecule has 0 spiro atoms. The van der Waals surface area contributed by atoms with E-state index in [0.717, 1.165) is 0 Å². The van der Waals surface area contributed by atoms with Crippen LogP contribution in [0.2, 0.25) is 0 Å². The molecule has 0 heterocycles. The molecule has 0 saturated heterocycles. The zero-order chi connectivity index (χ0) is 13.5. The Kier molecular flexibility index (Phi) is 5.36. The summed E-state index contributed by atoms with van der Waals surface area (Å²) in [6, 6.07) is 5.48. The van der Waals surface area contributed by atoms with E-state index in [4.69, 9.17) is 5.11 Å². The normalized spacial score (nSPS) is 9.39. The van der Waals surface area contributed by atoms with Crippen LogP contribution in [0, 0.1) is 0 Å². The van der Waals surface area contributed by atoms with Crippen molar-refractivity contribution in [3.05, 3.63) is 35.4 Å². The van der Waals surface area contributed by atoms with Crippen molar-refractivity contribution in [1.29, 1.82) is 0 Å². The van der Waals surface area contributed by atoms with Gasteiger partial charge in [0.05, 0.1) is 11.1 Å². The van der Waals surface area contributed by atoms with Crippen molar-refractivity contribution in [2.75, 3.05) is 4.61 Å². The largest absolute Gasteiger partial charge is 0.478 e. The van der Waals surface area contributed by atoms with Gasteiger partial charge in [0.2, 0.25) is 0 Å². The molecular formula is C10H8INO6. The Morgan fingerprint density at radius 2 is 1.83 bits per heavy atom. The molecule has 96 valence electrons. The van der Waals surface area contributed by atoms with Gasteiger partial charge in [0.15, 0.2) is 0 Å². The number of carboxylic acids is 1. The van der Waals surface area contributed by atoms with Crippen LogP contribution >= 0.6 is 22.6 Å². The number of amides is 1. The molecule has 1 amide bonds. The number of aromatic carboxylic acids is 1. The molecule has 1 rings (SSSR count). The van der Waals surface area contributed by atoms with Gasteiger partial charge in [0.25, 0.3) is 0 Å². The molecule has 1 aromatic carbocycles. The van der Waals surface area contributed by atoms with Crippen LogP contribution in [0.3, 0.4) is 0 Å². The first-order valence-electron chi connectivity index (χ1n) is 4.58. The summed E-state index contributed by atoms with van der Waals surface area (Å²) in [4.78, 5) is 37.6. The predicted octanol–water partition coefficient (Wildman–Crippen LogP) is 1.58. The Bertz CT molecular complexity index is 475. The van der Waals surface area contributed by atoms with Crippen molar-refractivity contribution in [3.63, 3.8) is 0 Å². The number of hydrogen-bond donors (Lipinski definition) is 2. The lowest BCUT2D eigenvalue weighted by Crippen LogP contribution is -2.28. The minimum atomic E-state index is -1.27. The van der Waals surface area contributed by atoms with Gasteiger partial charge < -0.3 is 14.7 Å². The highest BCUT2D eigenvalue weighted by molar-refractivity contribution is 14.1. The molecule has 0 aliphatic rings. The third kappa shape index (κ3) is 3.87. The van der Waals surface area contributed by atoms with Crippen LogP contribution in [-0.4, -0.2) is 27.8 Å². The van der Waals surface area contributed by atoms with Crippen LogP contribution in [0.15, 0.2) is 24.3 Å². The van der Waals surface area contributed by atoms with Crippen molar-refractivity contribution in [2.24, 2.45) is 0 Å². The highest BCUT2D eigenvalue weighted by Gasteiger charge is 2.18. The fourth-order valence-electron chi connectivity index (χ4n) is 1.07. The quantitative estimate of drug-likeness (QED) is 0.479. The summed E-state index contributed by atoms with van der Waals surface area (Å²) in [5, 5.41) is 8.86. The number of nitrogens with one attached hydrogen (secondary N) is 1. The average Bonchev–Trinajstić information content (AvgIpc) is 2.36. The zero-order valence-electron chi connectivity index (χ0n) is 8.88. The minimum absolute atomic E-state index is 0.0901. The van der Waals surface area contributed by atoms with Gasteiger partial charge in [0.1, 0.15) is 4.61 Å². The maximum absolute atomic E-state index is 11.5. The van der Waals surface area contributed by atoms with E-state index in [-0.39, 0.29) is 15.7 Å². The van der Waals surface area contributed by atoms with Crippen LogP contribution < -0.4 is 5.48 Å². The van der Waals surface area contributed by atoms with Gasteiger partial charge in [-0.05, 0) is 34.7 Å². The molecule has 0 atom stereocenters. The predicted molar refractivity (Wildman–Crippen MR) is 67.3 cm³/mol. The standard InChI is InChI=1S/C10H8INO6/c11-5-17-10(16)12-18-9(15)7-4-2-1-3-6(7)8(13)14/h1-4H,5H2,(H,12,16)(H,13,14). The van der Waals surface area contributed by atoms with Crippen molar-refractivity contribution < 1.29 is 29.1 Å². The highest BCUT2D eigenvalue weighted by atomic mass is 127. The van der Waals surface area contributed by atoms with Gasteiger partial charge in [-0.1, -0.05) is 12.1 Å². The molecule has 7 nitrogen and oxygen atoms in total. The second-order valence-electron chi connectivity index (χ2n) is 2.88. The second kappa shape index (κ2) is 6.79. The molecular weight excluding hydrogens is 357 g/mol. The first-order chi connectivity index (χ1) is 8.56. The van der Waals surface area contributed by atoms with Crippen molar-refractivity contribution in [3.8, 4) is 0 Å². The molecule has 2 N–H and O–H groups in total. The van der Waals surface area contributed by atoms with Crippen LogP contribution in [0.4, 0.5) is 4.79 Å². The molecule has 0 unspecified atom stereocenters. The number of carboxylic acid groups (broad SMARTS) is 1. The number of hydroxylamine groups is 1. The van der Waals surface area contributed by atoms with E-state index >= 15 is 0 Å². The number of ether oxygens (including phenoxy) is 1. The van der Waals surface area contributed by atoms with Gasteiger partial charge in [-0.15, -0.1) is 5.48 Å². The summed E-state index contributed by atoms with van der Waals surface area (Å²) in [6.07, 6.45) is -0.939. The third-order valence-corrected chi connectivity index (χ3v) is 2.10. The SMILES string of the molecule is O=C(NOC(=O)c1ccccc1C(=O)O)OCI. The Morgan fingerprint density at radius 1 is 1.22 bits per heavy atom. The van der Waals surface area contributed by atoms with Crippen molar-refractivity contribution in [2.45, 2.75) is 0 Å². The molecule has 0 radical (unpaired) electrons. The fourth-order valence-corrected chi connectivity index (χ4v) is 1.35. The zero-order valence-corrected chi connectivity index (χ0v) is 11.0. The van der Waals surface area contributed by atoms with E-state index in [2.05, 4.69) is 9.57 Å². The van der Waals surface area contributed by atoms with Crippen LogP contribution in [0.1, 0.15) is 20.7 Å². The maximum Gasteiger partial charge on any atom is 0.441 e. The van der Waals surface area contributed by atoms with E-state index in [1.54, 1.807) is 28.1 Å². The van der Waals surface area contributed by atoms with E-state index in [0.29, 0.717) is 0 Å². The van der Waals surface area contributed by atoms with Gasteiger partial charge in [-0.3, -0.25) is 0 Å². The van der Waals surface area contributed by atoms with Gasteiger partial charge in [0, 0.05) is 0 Å². The number of halogens is 1. The highest BCUT2D eigenvalue weighted by Crippen LogP contribution is 2.09. The number of hydrogen-bond acceptors (Lipinski definition) is 5. The molecule has 1 aromatic rings. The average molecular weight is 365 g/mol. The molecule has 0 aliphatic carbocycles. The number of alkyl halides is 1. The van der Waals surface area contributed by atoms with Crippen LogP contribution in [-0.2, 0) is 9.57 Å². The lowest BCUT2D eigenvalue weighted by molar-refractivity contribution is 0.0232. The smallest absolute Gasteiger partial charge is 0.441 e. The molecule has 8 heteroatoms. The minimum Gasteiger partial charge on any atom is -0.478 e. The van der Waals surface area contributed by atoms with Gasteiger partial charge in [-0.25, -0.2) is 14.4 Å². The Hall–Kier alpha value is -1.84. The Morgan fingerprint density at radius 3 is 2.39 bits per heavy atom. The van der Waals surface area contributed by atoms with Crippen molar-refractivity contribution in [1.82, 2.24) is 5.48 Å². The summed E-state index contributed by atoms with van der Waals surface area (Å²) < 4.78 is 4.54. The lowest BCUT2D eigenvalue weighted by atomic mass is 10.1. The number of rotatable bonds is 3. The first-order valence-corrected chi connectivity index (χ1v) is 6.11.